The van der Waals surface area contributed by atoms with Crippen molar-refractivity contribution in [1.29, 1.82) is 0 Å². The molecule has 1 aromatic carbocycles. The van der Waals surface area contributed by atoms with E-state index in [1.165, 1.54) is 4.57 Å². The van der Waals surface area contributed by atoms with Crippen LogP contribution in [-0.4, -0.2) is 14.7 Å². The Labute approximate surface area is 162 Å². The molecule has 2 aromatic heterocycles. The lowest BCUT2D eigenvalue weighted by Gasteiger charge is -2.25. The Balaban J connectivity index is 2.05. The summed E-state index contributed by atoms with van der Waals surface area (Å²) in [4.78, 5) is 29.1. The Morgan fingerprint density at radius 1 is 1.21 bits per heavy atom. The van der Waals surface area contributed by atoms with Crippen molar-refractivity contribution < 1.29 is 4.52 Å². The van der Waals surface area contributed by atoms with Crippen LogP contribution in [0.2, 0.25) is 0 Å². The summed E-state index contributed by atoms with van der Waals surface area (Å²) in [6, 6.07) is 11.6. The van der Waals surface area contributed by atoms with E-state index in [0.29, 0.717) is 31.1 Å². The number of nitrogens with two attached hydrogens (primary N) is 1. The second-order valence-corrected chi connectivity index (χ2v) is 6.77. The van der Waals surface area contributed by atoms with Gasteiger partial charge < -0.3 is 15.2 Å². The number of hydrogen-bond donors (Lipinski definition) is 2. The van der Waals surface area contributed by atoms with E-state index in [0.717, 1.165) is 18.4 Å². The number of aromatic amines is 1. The van der Waals surface area contributed by atoms with Gasteiger partial charge in [0.2, 0.25) is 0 Å². The van der Waals surface area contributed by atoms with Crippen LogP contribution in [0.25, 0.3) is 0 Å². The number of anilines is 2. The van der Waals surface area contributed by atoms with Crippen molar-refractivity contribution >= 4 is 11.5 Å². The number of nitrogens with one attached hydrogen (secondary N) is 1. The summed E-state index contributed by atoms with van der Waals surface area (Å²) in [6.07, 6.45) is 1.70. The Morgan fingerprint density at radius 2 is 1.96 bits per heavy atom. The van der Waals surface area contributed by atoms with Gasteiger partial charge in [-0.3, -0.25) is 14.3 Å². The predicted octanol–water partition coefficient (Wildman–Crippen LogP) is 2.42. The lowest BCUT2D eigenvalue weighted by Crippen LogP contribution is -2.38. The maximum absolute atomic E-state index is 12.7. The first kappa shape index (κ1) is 19.5. The fourth-order valence-corrected chi connectivity index (χ4v) is 3.13. The molecule has 8 nitrogen and oxygen atoms in total. The molecule has 0 aliphatic heterocycles. The smallest absolute Gasteiger partial charge is 0.330 e. The molecule has 0 amide bonds. The zero-order chi connectivity index (χ0) is 20.1. The molecule has 0 aliphatic carbocycles. The van der Waals surface area contributed by atoms with E-state index in [4.69, 9.17) is 10.3 Å². The Morgan fingerprint density at radius 3 is 2.61 bits per heavy atom. The highest BCUT2D eigenvalue weighted by molar-refractivity contribution is 5.62. The highest BCUT2D eigenvalue weighted by Gasteiger charge is 2.20. The van der Waals surface area contributed by atoms with E-state index in [2.05, 4.69) is 10.1 Å². The zero-order valence-corrected chi connectivity index (χ0v) is 16.1. The minimum atomic E-state index is -0.508. The number of hydrogen-bond acceptors (Lipinski definition) is 6. The molecule has 0 bridgehead atoms. The van der Waals surface area contributed by atoms with Crippen LogP contribution in [-0.2, 0) is 19.6 Å². The number of nitrogens with zero attached hydrogens (tertiary/aromatic N) is 3. The normalized spacial score (nSPS) is 10.9. The van der Waals surface area contributed by atoms with Crippen LogP contribution >= 0.6 is 0 Å². The van der Waals surface area contributed by atoms with Crippen molar-refractivity contribution in [2.24, 2.45) is 0 Å². The summed E-state index contributed by atoms with van der Waals surface area (Å²) in [5, 5.41) is 4.03. The van der Waals surface area contributed by atoms with Crippen LogP contribution in [0.3, 0.4) is 0 Å². The van der Waals surface area contributed by atoms with Gasteiger partial charge in [0, 0.05) is 19.2 Å². The second kappa shape index (κ2) is 8.60. The summed E-state index contributed by atoms with van der Waals surface area (Å²) in [6.45, 7) is 5.05. The molecule has 0 radical (unpaired) electrons. The van der Waals surface area contributed by atoms with E-state index < -0.39 is 11.2 Å². The molecule has 2 heterocycles. The van der Waals surface area contributed by atoms with Crippen LogP contribution in [0.5, 0.6) is 0 Å². The number of rotatable bonds is 8. The topological polar surface area (TPSA) is 110 Å². The first-order valence-electron chi connectivity index (χ1n) is 9.33. The highest BCUT2D eigenvalue weighted by atomic mass is 16.5. The first-order valence-corrected chi connectivity index (χ1v) is 9.33. The molecular weight excluding hydrogens is 358 g/mol. The number of benzene rings is 1. The number of aromatic nitrogens is 3. The SMILES string of the molecule is CCCCn1c(N)c(N(Cc2ccccc2)Cc2cc(C)on2)c(=O)[nH]c1=O. The monoisotopic (exact) mass is 383 g/mol. The van der Waals surface area contributed by atoms with Gasteiger partial charge in [0.05, 0.1) is 6.54 Å². The van der Waals surface area contributed by atoms with E-state index in [1.54, 1.807) is 0 Å². The standard InChI is InChI=1S/C20H25N5O3/c1-3-4-10-25-18(21)17(19(26)22-20(25)27)24(12-15-8-6-5-7-9-15)13-16-11-14(2)28-23-16/h5-9,11H,3-4,10,12-13,21H2,1-2H3,(H,22,26,27). The molecule has 148 valence electrons. The van der Waals surface area contributed by atoms with Crippen LogP contribution in [0.4, 0.5) is 11.5 Å². The van der Waals surface area contributed by atoms with Crippen molar-refractivity contribution in [3.63, 3.8) is 0 Å². The van der Waals surface area contributed by atoms with Crippen molar-refractivity contribution in [2.75, 3.05) is 10.6 Å². The van der Waals surface area contributed by atoms with Crippen LogP contribution in [0.1, 0.15) is 36.8 Å². The summed E-state index contributed by atoms with van der Waals surface area (Å²) < 4.78 is 6.58. The second-order valence-electron chi connectivity index (χ2n) is 6.77. The van der Waals surface area contributed by atoms with E-state index in [-0.39, 0.29) is 11.5 Å². The molecular formula is C20H25N5O3. The third kappa shape index (κ3) is 4.33. The molecule has 3 rings (SSSR count). The van der Waals surface area contributed by atoms with Gasteiger partial charge in [0.1, 0.15) is 23.0 Å². The van der Waals surface area contributed by atoms with Gasteiger partial charge in [-0.1, -0.05) is 48.8 Å². The Kier molecular flexibility index (Phi) is 5.98. The summed E-state index contributed by atoms with van der Waals surface area (Å²) >= 11 is 0. The first-order chi connectivity index (χ1) is 13.5. The third-order valence-corrected chi connectivity index (χ3v) is 4.51. The Hall–Kier alpha value is -3.29. The highest BCUT2D eigenvalue weighted by Crippen LogP contribution is 2.22. The largest absolute Gasteiger partial charge is 0.383 e. The van der Waals surface area contributed by atoms with Gasteiger partial charge in [0.15, 0.2) is 0 Å². The molecule has 0 unspecified atom stereocenters. The number of nitrogen functional groups attached to an aromatic ring is 1. The van der Waals surface area contributed by atoms with Crippen molar-refractivity contribution in [1.82, 2.24) is 14.7 Å². The average Bonchev–Trinajstić information content (AvgIpc) is 3.07. The van der Waals surface area contributed by atoms with Crippen LogP contribution in [0.15, 0.2) is 50.5 Å². The van der Waals surface area contributed by atoms with Crippen LogP contribution < -0.4 is 21.9 Å². The van der Waals surface area contributed by atoms with Crippen molar-refractivity contribution in [2.45, 2.75) is 46.3 Å². The fraction of sp³-hybridized carbons (Fsp3) is 0.350. The molecule has 0 fully saturated rings. The van der Waals surface area contributed by atoms with Crippen LogP contribution in [0, 0.1) is 6.92 Å². The van der Waals surface area contributed by atoms with Gasteiger partial charge in [-0.25, -0.2) is 4.79 Å². The maximum Gasteiger partial charge on any atom is 0.330 e. The van der Waals surface area contributed by atoms with E-state index in [9.17, 15) is 9.59 Å². The molecule has 3 aromatic rings. The number of unbranched alkanes of at least 4 members (excludes halogenated alkanes) is 1. The molecule has 0 saturated heterocycles. The Bertz CT molecular complexity index is 1040. The molecule has 0 saturated carbocycles. The molecule has 0 spiro atoms. The zero-order valence-electron chi connectivity index (χ0n) is 16.1. The molecule has 8 heteroatoms. The molecule has 0 aliphatic rings. The minimum Gasteiger partial charge on any atom is -0.383 e. The molecule has 0 atom stereocenters. The minimum absolute atomic E-state index is 0.165. The molecule has 3 N–H and O–H groups in total. The van der Waals surface area contributed by atoms with E-state index in [1.807, 2.05) is 55.1 Å². The summed E-state index contributed by atoms with van der Waals surface area (Å²) in [5.74, 6) is 0.850. The fourth-order valence-electron chi connectivity index (χ4n) is 3.13. The van der Waals surface area contributed by atoms with E-state index >= 15 is 0 Å². The van der Waals surface area contributed by atoms with Gasteiger partial charge in [0.25, 0.3) is 5.56 Å². The quantitative estimate of drug-likeness (QED) is 0.618. The van der Waals surface area contributed by atoms with Gasteiger partial charge in [-0.15, -0.1) is 0 Å². The lowest BCUT2D eigenvalue weighted by molar-refractivity contribution is 0.390. The van der Waals surface area contributed by atoms with Gasteiger partial charge >= 0.3 is 5.69 Å². The summed E-state index contributed by atoms with van der Waals surface area (Å²) in [7, 11) is 0. The number of aryl methyl sites for hydroxylation is 1. The van der Waals surface area contributed by atoms with Crippen molar-refractivity contribution in [3.05, 3.63) is 74.3 Å². The average molecular weight is 383 g/mol. The lowest BCUT2D eigenvalue weighted by atomic mass is 10.2. The summed E-state index contributed by atoms with van der Waals surface area (Å²) in [5.41, 5.74) is 7.25. The number of H-pyrrole nitrogens is 1. The predicted molar refractivity (Wildman–Crippen MR) is 108 cm³/mol. The van der Waals surface area contributed by atoms with Crippen molar-refractivity contribution in [3.8, 4) is 0 Å². The maximum atomic E-state index is 12.7. The van der Waals surface area contributed by atoms with Gasteiger partial charge in [-0.05, 0) is 18.9 Å². The van der Waals surface area contributed by atoms with Gasteiger partial charge in [-0.2, -0.15) is 0 Å². The third-order valence-electron chi connectivity index (χ3n) is 4.51. The molecule has 28 heavy (non-hydrogen) atoms.